The van der Waals surface area contributed by atoms with Gasteiger partial charge in [-0.15, -0.1) is 0 Å². The zero-order valence-electron chi connectivity index (χ0n) is 10.9. The predicted molar refractivity (Wildman–Crippen MR) is 63.4 cm³/mol. The second-order valence-corrected chi connectivity index (χ2v) is 4.34. The molecule has 1 fully saturated rings. The van der Waals surface area contributed by atoms with Crippen molar-refractivity contribution in [3.05, 3.63) is 11.7 Å². The summed E-state index contributed by atoms with van der Waals surface area (Å²) in [5.41, 5.74) is 0. The monoisotopic (exact) mass is 268 g/mol. The van der Waals surface area contributed by atoms with E-state index in [-0.39, 0.29) is 24.8 Å². The maximum Gasteiger partial charge on any atom is 0.406 e. The van der Waals surface area contributed by atoms with E-state index in [2.05, 4.69) is 20.2 Å². The summed E-state index contributed by atoms with van der Waals surface area (Å²) in [5.74, 6) is 1.29. The van der Waals surface area contributed by atoms with Gasteiger partial charge in [0, 0.05) is 26.1 Å². The van der Waals surface area contributed by atoms with Crippen LogP contribution in [0.25, 0.3) is 0 Å². The normalized spacial score (nSPS) is 14.9. The number of nitrogens with one attached hydrogen (secondary N) is 1. The molecule has 0 radical (unpaired) electrons. The van der Waals surface area contributed by atoms with Gasteiger partial charge in [-0.1, -0.05) is 5.16 Å². The minimum Gasteiger partial charge on any atom is -0.453 e. The SMILES string of the molecule is COC(=O)NCCC(=O)N1CC(c2nc(C)no2)C1. The molecule has 0 unspecified atom stereocenters. The molecule has 2 amide bonds. The van der Waals surface area contributed by atoms with Crippen LogP contribution < -0.4 is 5.32 Å². The first-order valence-electron chi connectivity index (χ1n) is 6.00. The van der Waals surface area contributed by atoms with Crippen molar-refractivity contribution in [2.45, 2.75) is 19.3 Å². The molecule has 1 N–H and O–H groups in total. The Kier molecular flexibility index (Phi) is 3.98. The lowest BCUT2D eigenvalue weighted by Crippen LogP contribution is -2.49. The van der Waals surface area contributed by atoms with E-state index >= 15 is 0 Å². The molecule has 1 aliphatic rings. The summed E-state index contributed by atoms with van der Waals surface area (Å²) in [5, 5.41) is 6.18. The van der Waals surface area contributed by atoms with Crippen molar-refractivity contribution in [2.75, 3.05) is 26.7 Å². The summed E-state index contributed by atoms with van der Waals surface area (Å²) >= 11 is 0. The molecule has 1 aliphatic heterocycles. The smallest absolute Gasteiger partial charge is 0.406 e. The highest BCUT2D eigenvalue weighted by Crippen LogP contribution is 2.25. The number of likely N-dealkylation sites (tertiary alicyclic amines) is 1. The maximum absolute atomic E-state index is 11.7. The van der Waals surface area contributed by atoms with Gasteiger partial charge >= 0.3 is 6.09 Å². The molecule has 0 saturated carbocycles. The number of carbonyl (C=O) groups excluding carboxylic acids is 2. The Morgan fingerprint density at radius 2 is 2.26 bits per heavy atom. The molecule has 2 rings (SSSR count). The number of aromatic nitrogens is 2. The predicted octanol–water partition coefficient (Wildman–Crippen LogP) is 0.0499. The van der Waals surface area contributed by atoms with Crippen LogP contribution >= 0.6 is 0 Å². The van der Waals surface area contributed by atoms with Crippen LogP contribution in [0.3, 0.4) is 0 Å². The number of methoxy groups -OCH3 is 1. The first-order chi connectivity index (χ1) is 9.10. The highest BCUT2D eigenvalue weighted by molar-refractivity contribution is 5.78. The van der Waals surface area contributed by atoms with Crippen molar-refractivity contribution < 1.29 is 18.8 Å². The van der Waals surface area contributed by atoms with Crippen molar-refractivity contribution in [3.63, 3.8) is 0 Å². The fourth-order valence-electron chi connectivity index (χ4n) is 1.82. The van der Waals surface area contributed by atoms with Gasteiger partial charge in [-0.2, -0.15) is 4.98 Å². The Balaban J connectivity index is 1.68. The third kappa shape index (κ3) is 3.21. The molecule has 2 heterocycles. The van der Waals surface area contributed by atoms with Crippen LogP contribution in [0.2, 0.25) is 0 Å². The molecule has 1 aromatic heterocycles. The zero-order valence-corrected chi connectivity index (χ0v) is 10.9. The van der Waals surface area contributed by atoms with Crippen LogP contribution in [0.1, 0.15) is 24.1 Å². The first kappa shape index (κ1) is 13.3. The number of hydrogen-bond acceptors (Lipinski definition) is 6. The van der Waals surface area contributed by atoms with Gasteiger partial charge in [-0.05, 0) is 6.92 Å². The average molecular weight is 268 g/mol. The summed E-state index contributed by atoms with van der Waals surface area (Å²) < 4.78 is 9.46. The van der Waals surface area contributed by atoms with Gasteiger partial charge in [0.1, 0.15) is 0 Å². The number of rotatable bonds is 4. The van der Waals surface area contributed by atoms with E-state index in [0.717, 1.165) is 0 Å². The number of ether oxygens (including phenoxy) is 1. The summed E-state index contributed by atoms with van der Waals surface area (Å²) in [4.78, 5) is 28.4. The van der Waals surface area contributed by atoms with E-state index in [1.54, 1.807) is 11.8 Å². The van der Waals surface area contributed by atoms with Gasteiger partial charge in [-0.25, -0.2) is 4.79 Å². The first-order valence-corrected chi connectivity index (χ1v) is 6.00. The van der Waals surface area contributed by atoms with Gasteiger partial charge in [0.2, 0.25) is 11.8 Å². The Hall–Kier alpha value is -2.12. The molecule has 0 atom stereocenters. The molecular formula is C11H16N4O4. The van der Waals surface area contributed by atoms with Crippen molar-refractivity contribution in [1.82, 2.24) is 20.4 Å². The molecule has 8 heteroatoms. The van der Waals surface area contributed by atoms with Crippen molar-refractivity contribution in [1.29, 1.82) is 0 Å². The number of aryl methyl sites for hydroxylation is 1. The molecule has 1 saturated heterocycles. The van der Waals surface area contributed by atoms with Crippen LogP contribution in [-0.2, 0) is 9.53 Å². The second-order valence-electron chi connectivity index (χ2n) is 4.34. The fraction of sp³-hybridized carbons (Fsp3) is 0.636. The number of amides is 2. The van der Waals surface area contributed by atoms with E-state index in [1.165, 1.54) is 7.11 Å². The number of carbonyl (C=O) groups is 2. The highest BCUT2D eigenvalue weighted by Gasteiger charge is 2.34. The molecule has 0 bridgehead atoms. The average Bonchev–Trinajstić information content (AvgIpc) is 2.73. The summed E-state index contributed by atoms with van der Waals surface area (Å²) in [6, 6.07) is 0. The Morgan fingerprint density at radius 1 is 1.53 bits per heavy atom. The van der Waals surface area contributed by atoms with Crippen molar-refractivity contribution in [3.8, 4) is 0 Å². The lowest BCUT2D eigenvalue weighted by Gasteiger charge is -2.37. The lowest BCUT2D eigenvalue weighted by molar-refractivity contribution is -0.135. The van der Waals surface area contributed by atoms with E-state index in [9.17, 15) is 9.59 Å². The van der Waals surface area contributed by atoms with Gasteiger partial charge < -0.3 is 19.5 Å². The number of alkyl carbamates (subject to hydrolysis) is 1. The Labute approximate surface area is 110 Å². The quantitative estimate of drug-likeness (QED) is 0.828. The third-order valence-corrected chi connectivity index (χ3v) is 2.92. The van der Waals surface area contributed by atoms with E-state index < -0.39 is 6.09 Å². The fourth-order valence-corrected chi connectivity index (χ4v) is 1.82. The molecule has 104 valence electrons. The molecule has 1 aromatic rings. The topological polar surface area (TPSA) is 97.6 Å². The van der Waals surface area contributed by atoms with Crippen molar-refractivity contribution >= 4 is 12.0 Å². The molecule has 8 nitrogen and oxygen atoms in total. The van der Waals surface area contributed by atoms with Gasteiger partial charge in [0.05, 0.1) is 13.0 Å². The molecule has 0 aliphatic carbocycles. The van der Waals surface area contributed by atoms with E-state index in [4.69, 9.17) is 4.52 Å². The van der Waals surface area contributed by atoms with Crippen LogP contribution in [0, 0.1) is 6.92 Å². The third-order valence-electron chi connectivity index (χ3n) is 2.92. The summed E-state index contributed by atoms with van der Waals surface area (Å²) in [6.45, 7) is 3.19. The van der Waals surface area contributed by atoms with E-state index in [1.807, 2.05) is 0 Å². The molecule has 19 heavy (non-hydrogen) atoms. The zero-order chi connectivity index (χ0) is 13.8. The van der Waals surface area contributed by atoms with E-state index in [0.29, 0.717) is 24.8 Å². The molecular weight excluding hydrogens is 252 g/mol. The number of hydrogen-bond donors (Lipinski definition) is 1. The largest absolute Gasteiger partial charge is 0.453 e. The number of nitrogens with zero attached hydrogens (tertiary/aromatic N) is 3. The summed E-state index contributed by atoms with van der Waals surface area (Å²) in [6.07, 6.45) is -0.277. The standard InChI is InChI=1S/C11H16N4O4/c1-7-13-10(19-14-7)8-5-15(6-8)9(16)3-4-12-11(17)18-2/h8H,3-6H2,1-2H3,(H,12,17). The summed E-state index contributed by atoms with van der Waals surface area (Å²) in [7, 11) is 1.28. The highest BCUT2D eigenvalue weighted by atomic mass is 16.5. The van der Waals surface area contributed by atoms with Gasteiger partial charge in [-0.3, -0.25) is 4.79 Å². The van der Waals surface area contributed by atoms with Crippen LogP contribution in [0.15, 0.2) is 4.52 Å². The van der Waals surface area contributed by atoms with Crippen LogP contribution in [-0.4, -0.2) is 53.8 Å². The Morgan fingerprint density at radius 3 is 2.84 bits per heavy atom. The van der Waals surface area contributed by atoms with Crippen molar-refractivity contribution in [2.24, 2.45) is 0 Å². The maximum atomic E-state index is 11.7. The van der Waals surface area contributed by atoms with Crippen LogP contribution in [0.4, 0.5) is 4.79 Å². The molecule has 0 spiro atoms. The van der Waals surface area contributed by atoms with Gasteiger partial charge in [0.25, 0.3) is 0 Å². The Bertz CT molecular complexity index is 467. The van der Waals surface area contributed by atoms with Gasteiger partial charge in [0.15, 0.2) is 5.82 Å². The van der Waals surface area contributed by atoms with Crippen LogP contribution in [0.5, 0.6) is 0 Å². The molecule has 0 aromatic carbocycles. The second kappa shape index (κ2) is 5.68. The lowest BCUT2D eigenvalue weighted by atomic mass is 10.00. The minimum atomic E-state index is -0.532. The minimum absolute atomic E-state index is 0.0103.